The minimum atomic E-state index is 0.00759. The molecule has 0 fully saturated rings. The third-order valence-corrected chi connectivity index (χ3v) is 2.13. The number of rotatable bonds is 3. The summed E-state index contributed by atoms with van der Waals surface area (Å²) in [5.41, 5.74) is 8.71. The van der Waals surface area contributed by atoms with Crippen molar-refractivity contribution < 1.29 is 0 Å². The van der Waals surface area contributed by atoms with Crippen molar-refractivity contribution in [2.75, 3.05) is 0 Å². The second-order valence-electron chi connectivity index (χ2n) is 4.95. The van der Waals surface area contributed by atoms with Crippen molar-refractivity contribution in [3.8, 4) is 0 Å². The van der Waals surface area contributed by atoms with Crippen LogP contribution in [0.15, 0.2) is 12.2 Å². The summed E-state index contributed by atoms with van der Waals surface area (Å²) in [6.45, 7) is 13.4. The number of nitrogens with two attached hydrogens (primary N) is 1. The van der Waals surface area contributed by atoms with E-state index in [9.17, 15) is 0 Å². The fourth-order valence-corrected chi connectivity index (χ4v) is 1.67. The molecule has 84 valence electrons. The predicted octanol–water partition coefficient (Wildman–Crippen LogP) is 1.61. The number of hydrogen-bond acceptors (Lipinski definition) is 3. The lowest BCUT2D eigenvalue weighted by atomic mass is 9.90. The molecule has 0 aliphatic heterocycles. The van der Waals surface area contributed by atoms with Crippen LogP contribution in [0.4, 0.5) is 0 Å². The van der Waals surface area contributed by atoms with Crippen molar-refractivity contribution in [1.82, 2.24) is 15.0 Å². The monoisotopic (exact) mass is 208 g/mol. The van der Waals surface area contributed by atoms with E-state index in [0.29, 0.717) is 13.1 Å². The van der Waals surface area contributed by atoms with Gasteiger partial charge in [-0.1, -0.05) is 38.1 Å². The first-order valence-corrected chi connectivity index (χ1v) is 5.13. The van der Waals surface area contributed by atoms with Gasteiger partial charge in [-0.2, -0.15) is 0 Å². The van der Waals surface area contributed by atoms with Gasteiger partial charge in [0.2, 0.25) is 0 Å². The maximum Gasteiger partial charge on any atom is 0.1000 e. The molecule has 0 bridgehead atoms. The minimum Gasteiger partial charge on any atom is -0.325 e. The van der Waals surface area contributed by atoms with Crippen LogP contribution in [-0.2, 0) is 18.5 Å². The molecule has 1 aromatic rings. The highest BCUT2D eigenvalue weighted by molar-refractivity contribution is 5.19. The van der Waals surface area contributed by atoms with Crippen LogP contribution in [-0.4, -0.2) is 15.0 Å². The van der Waals surface area contributed by atoms with Crippen molar-refractivity contribution in [3.05, 3.63) is 23.5 Å². The van der Waals surface area contributed by atoms with Crippen LogP contribution in [0.1, 0.15) is 39.1 Å². The molecule has 0 unspecified atom stereocenters. The zero-order valence-electron chi connectivity index (χ0n) is 10.0. The summed E-state index contributed by atoms with van der Waals surface area (Å²) in [6, 6.07) is 0. The van der Waals surface area contributed by atoms with Crippen LogP contribution >= 0.6 is 0 Å². The molecule has 15 heavy (non-hydrogen) atoms. The molecule has 1 rings (SSSR count). The van der Waals surface area contributed by atoms with Gasteiger partial charge in [-0.25, -0.2) is 4.68 Å². The molecule has 1 aromatic heterocycles. The molecule has 0 radical (unpaired) electrons. The van der Waals surface area contributed by atoms with E-state index < -0.39 is 0 Å². The molecule has 0 saturated carbocycles. The highest BCUT2D eigenvalue weighted by Gasteiger charge is 2.24. The molecule has 1 heterocycles. The largest absolute Gasteiger partial charge is 0.325 e. The summed E-state index contributed by atoms with van der Waals surface area (Å²) in [5, 5.41) is 8.22. The van der Waals surface area contributed by atoms with Crippen LogP contribution in [0.2, 0.25) is 0 Å². The summed E-state index contributed by atoms with van der Waals surface area (Å²) >= 11 is 0. The number of nitrogens with zero attached hydrogens (tertiary/aromatic N) is 3. The average Bonchev–Trinajstić information content (AvgIpc) is 2.45. The van der Waals surface area contributed by atoms with Crippen LogP contribution in [0.5, 0.6) is 0 Å². The Labute approximate surface area is 91.2 Å². The lowest BCUT2D eigenvalue weighted by molar-refractivity contribution is 0.496. The van der Waals surface area contributed by atoms with Gasteiger partial charge >= 0.3 is 0 Å². The van der Waals surface area contributed by atoms with E-state index in [4.69, 9.17) is 5.73 Å². The van der Waals surface area contributed by atoms with Crippen LogP contribution < -0.4 is 5.73 Å². The highest BCUT2D eigenvalue weighted by Crippen LogP contribution is 2.24. The summed E-state index contributed by atoms with van der Waals surface area (Å²) in [5.74, 6) is 0. The third kappa shape index (κ3) is 2.65. The topological polar surface area (TPSA) is 56.7 Å². The van der Waals surface area contributed by atoms with Crippen molar-refractivity contribution in [3.63, 3.8) is 0 Å². The highest BCUT2D eigenvalue weighted by atomic mass is 15.4. The quantitative estimate of drug-likeness (QED) is 0.768. The second-order valence-corrected chi connectivity index (χ2v) is 4.95. The van der Waals surface area contributed by atoms with E-state index in [2.05, 4.69) is 37.7 Å². The Balaban J connectivity index is 3.17. The van der Waals surface area contributed by atoms with E-state index >= 15 is 0 Å². The van der Waals surface area contributed by atoms with Crippen molar-refractivity contribution in [2.45, 2.75) is 46.2 Å². The summed E-state index contributed by atoms with van der Waals surface area (Å²) in [7, 11) is 0. The molecule has 0 aliphatic carbocycles. The Morgan fingerprint density at radius 1 is 1.47 bits per heavy atom. The van der Waals surface area contributed by atoms with Gasteiger partial charge in [0, 0.05) is 12.0 Å². The maximum atomic E-state index is 5.65. The van der Waals surface area contributed by atoms with Gasteiger partial charge in [-0.05, 0) is 6.92 Å². The van der Waals surface area contributed by atoms with Crippen LogP contribution in [0.3, 0.4) is 0 Å². The Morgan fingerprint density at radius 3 is 2.47 bits per heavy atom. The SMILES string of the molecule is C=C(C)Cn1nnc(CN)c1C(C)(C)C. The molecule has 0 amide bonds. The normalized spacial score (nSPS) is 11.8. The number of allylic oxidation sites excluding steroid dienone is 1. The van der Waals surface area contributed by atoms with Crippen molar-refractivity contribution >= 4 is 0 Å². The van der Waals surface area contributed by atoms with Crippen molar-refractivity contribution in [2.24, 2.45) is 5.73 Å². The first-order chi connectivity index (χ1) is 6.86. The number of hydrogen-bond donors (Lipinski definition) is 1. The third-order valence-electron chi connectivity index (χ3n) is 2.13. The molecule has 0 atom stereocenters. The predicted molar refractivity (Wildman–Crippen MR) is 61.4 cm³/mol. The van der Waals surface area contributed by atoms with Gasteiger partial charge in [0.15, 0.2) is 0 Å². The lowest BCUT2D eigenvalue weighted by Crippen LogP contribution is -2.21. The summed E-state index contributed by atoms with van der Waals surface area (Å²) < 4.78 is 1.89. The van der Waals surface area contributed by atoms with Crippen LogP contribution in [0.25, 0.3) is 0 Å². The fourth-order valence-electron chi connectivity index (χ4n) is 1.67. The van der Waals surface area contributed by atoms with Gasteiger partial charge < -0.3 is 5.73 Å². The fraction of sp³-hybridized carbons (Fsp3) is 0.636. The van der Waals surface area contributed by atoms with E-state index in [0.717, 1.165) is 17.0 Å². The van der Waals surface area contributed by atoms with Gasteiger partial charge in [0.1, 0.15) is 0 Å². The molecule has 0 aliphatic rings. The Morgan fingerprint density at radius 2 is 2.07 bits per heavy atom. The second kappa shape index (κ2) is 4.14. The standard InChI is InChI=1S/C11H20N4/c1-8(2)7-15-10(11(3,4)5)9(6-12)13-14-15/h1,6-7,12H2,2-5H3. The zero-order valence-corrected chi connectivity index (χ0v) is 10.0. The van der Waals surface area contributed by atoms with E-state index in [-0.39, 0.29) is 5.41 Å². The molecular formula is C11H20N4. The number of aromatic nitrogens is 3. The molecule has 0 saturated heterocycles. The molecule has 0 aromatic carbocycles. The van der Waals surface area contributed by atoms with Crippen molar-refractivity contribution in [1.29, 1.82) is 0 Å². The Hall–Kier alpha value is -1.16. The van der Waals surface area contributed by atoms with Gasteiger partial charge in [-0.3, -0.25) is 0 Å². The van der Waals surface area contributed by atoms with Gasteiger partial charge in [0.05, 0.1) is 17.9 Å². The summed E-state index contributed by atoms with van der Waals surface area (Å²) in [6.07, 6.45) is 0. The zero-order chi connectivity index (χ0) is 11.6. The first kappa shape index (κ1) is 11.9. The molecule has 4 nitrogen and oxygen atoms in total. The minimum absolute atomic E-state index is 0.00759. The summed E-state index contributed by atoms with van der Waals surface area (Å²) in [4.78, 5) is 0. The van der Waals surface area contributed by atoms with E-state index in [1.54, 1.807) is 0 Å². The average molecular weight is 208 g/mol. The smallest absolute Gasteiger partial charge is 0.1000 e. The van der Waals surface area contributed by atoms with E-state index in [1.807, 2.05) is 11.6 Å². The molecule has 0 spiro atoms. The van der Waals surface area contributed by atoms with Gasteiger partial charge in [-0.15, -0.1) is 5.10 Å². The molecule has 2 N–H and O–H groups in total. The molecular weight excluding hydrogens is 188 g/mol. The Kier molecular flexibility index (Phi) is 3.29. The van der Waals surface area contributed by atoms with Gasteiger partial charge in [0.25, 0.3) is 0 Å². The molecule has 4 heteroatoms. The van der Waals surface area contributed by atoms with Crippen LogP contribution in [0, 0.1) is 0 Å². The maximum absolute atomic E-state index is 5.65. The lowest BCUT2D eigenvalue weighted by Gasteiger charge is -2.21. The Bertz CT molecular complexity index is 357. The first-order valence-electron chi connectivity index (χ1n) is 5.13. The van der Waals surface area contributed by atoms with E-state index in [1.165, 1.54) is 0 Å².